The summed E-state index contributed by atoms with van der Waals surface area (Å²) in [4.78, 5) is 29.6. The fourth-order valence-electron chi connectivity index (χ4n) is 5.20. The highest BCUT2D eigenvalue weighted by Gasteiger charge is 2.37. The summed E-state index contributed by atoms with van der Waals surface area (Å²) in [6, 6.07) is 2.94. The lowest BCUT2D eigenvalue weighted by atomic mass is 9.64. The lowest BCUT2D eigenvalue weighted by Crippen LogP contribution is -2.50. The van der Waals surface area contributed by atoms with Gasteiger partial charge >= 0.3 is 6.09 Å². The number of aromatic nitrogens is 1. The number of nitrogens with one attached hydrogen (secondary N) is 2. The maximum Gasteiger partial charge on any atom is 0.408 e. The minimum Gasteiger partial charge on any atom is -0.444 e. The Bertz CT molecular complexity index is 742. The SMILES string of the molecule is CC(C)(C)OC(=O)NC(CC1CCCC2CCCC[C@@H]21)C(=O)NCc1ccc(N)nc1. The lowest BCUT2D eigenvalue weighted by molar-refractivity contribution is -0.124. The monoisotopic (exact) mass is 430 g/mol. The highest BCUT2D eigenvalue weighted by molar-refractivity contribution is 5.85. The maximum atomic E-state index is 13.1. The molecule has 2 fully saturated rings. The van der Waals surface area contributed by atoms with Gasteiger partial charge in [-0.2, -0.15) is 0 Å². The molecule has 0 saturated heterocycles. The van der Waals surface area contributed by atoms with Gasteiger partial charge in [0.05, 0.1) is 0 Å². The van der Waals surface area contributed by atoms with E-state index in [4.69, 9.17) is 10.5 Å². The first-order valence-electron chi connectivity index (χ1n) is 11.7. The number of amides is 2. The normalized spacial score (nSPS) is 24.5. The van der Waals surface area contributed by atoms with Crippen molar-refractivity contribution < 1.29 is 14.3 Å². The summed E-state index contributed by atoms with van der Waals surface area (Å²) in [6.07, 6.45) is 10.6. The zero-order valence-electron chi connectivity index (χ0n) is 19.2. The third-order valence-electron chi connectivity index (χ3n) is 6.58. The molecule has 2 aliphatic rings. The molecule has 0 spiro atoms. The number of carbonyl (C=O) groups is 2. The van der Waals surface area contributed by atoms with Crippen LogP contribution in [0.5, 0.6) is 0 Å². The van der Waals surface area contributed by atoms with E-state index in [1.807, 2.05) is 26.8 Å². The summed E-state index contributed by atoms with van der Waals surface area (Å²) in [5, 5.41) is 5.81. The average Bonchev–Trinajstić information content (AvgIpc) is 2.71. The molecule has 0 aliphatic heterocycles. The number of rotatable bonds is 6. The van der Waals surface area contributed by atoms with Gasteiger partial charge in [0, 0.05) is 12.7 Å². The molecule has 4 atom stereocenters. The van der Waals surface area contributed by atoms with Gasteiger partial charge in [-0.25, -0.2) is 9.78 Å². The molecule has 1 aromatic heterocycles. The van der Waals surface area contributed by atoms with Gasteiger partial charge in [-0.05, 0) is 63.0 Å². The number of nitrogen functional groups attached to an aromatic ring is 1. The molecule has 7 nitrogen and oxygen atoms in total. The maximum absolute atomic E-state index is 13.1. The Morgan fingerprint density at radius 1 is 1.16 bits per heavy atom. The molecular weight excluding hydrogens is 392 g/mol. The zero-order chi connectivity index (χ0) is 22.4. The molecule has 2 aliphatic carbocycles. The fraction of sp³-hybridized carbons (Fsp3) is 0.708. The highest BCUT2D eigenvalue weighted by Crippen LogP contribution is 2.45. The molecule has 3 rings (SSSR count). The van der Waals surface area contributed by atoms with Gasteiger partial charge < -0.3 is 21.1 Å². The van der Waals surface area contributed by atoms with Crippen LogP contribution in [0, 0.1) is 17.8 Å². The Morgan fingerprint density at radius 3 is 2.61 bits per heavy atom. The molecule has 1 heterocycles. The number of pyridine rings is 1. The van der Waals surface area contributed by atoms with Crippen molar-refractivity contribution in [2.75, 3.05) is 5.73 Å². The Labute approximate surface area is 185 Å². The third kappa shape index (κ3) is 7.11. The van der Waals surface area contributed by atoms with E-state index >= 15 is 0 Å². The summed E-state index contributed by atoms with van der Waals surface area (Å²) < 4.78 is 5.44. The fourth-order valence-corrected chi connectivity index (χ4v) is 5.20. The molecule has 2 saturated carbocycles. The highest BCUT2D eigenvalue weighted by atomic mass is 16.6. The Balaban J connectivity index is 1.66. The van der Waals surface area contributed by atoms with Crippen LogP contribution < -0.4 is 16.4 Å². The van der Waals surface area contributed by atoms with E-state index in [-0.39, 0.29) is 5.91 Å². The predicted molar refractivity (Wildman–Crippen MR) is 121 cm³/mol. The van der Waals surface area contributed by atoms with E-state index in [1.54, 1.807) is 12.3 Å². The van der Waals surface area contributed by atoms with Gasteiger partial charge in [0.25, 0.3) is 0 Å². The van der Waals surface area contributed by atoms with E-state index in [9.17, 15) is 9.59 Å². The molecule has 0 bridgehead atoms. The summed E-state index contributed by atoms with van der Waals surface area (Å²) in [6.45, 7) is 5.81. The average molecular weight is 431 g/mol. The molecule has 1 aromatic rings. The van der Waals surface area contributed by atoms with Crippen LogP contribution in [0.2, 0.25) is 0 Å². The van der Waals surface area contributed by atoms with E-state index in [1.165, 1.54) is 38.5 Å². The van der Waals surface area contributed by atoms with Crippen molar-refractivity contribution in [3.63, 3.8) is 0 Å². The minimum absolute atomic E-state index is 0.180. The van der Waals surface area contributed by atoms with Crippen molar-refractivity contribution in [1.29, 1.82) is 0 Å². The Morgan fingerprint density at radius 2 is 1.90 bits per heavy atom. The smallest absolute Gasteiger partial charge is 0.408 e. The number of fused-ring (bicyclic) bond motifs is 1. The molecule has 4 N–H and O–H groups in total. The number of ether oxygens (including phenoxy) is 1. The second-order valence-electron chi connectivity index (χ2n) is 10.1. The minimum atomic E-state index is -0.611. The number of hydrogen-bond donors (Lipinski definition) is 3. The molecule has 31 heavy (non-hydrogen) atoms. The largest absolute Gasteiger partial charge is 0.444 e. The number of nitrogens with two attached hydrogens (primary N) is 1. The molecular formula is C24H38N4O3. The van der Waals surface area contributed by atoms with E-state index < -0.39 is 17.7 Å². The van der Waals surface area contributed by atoms with E-state index in [2.05, 4.69) is 15.6 Å². The third-order valence-corrected chi connectivity index (χ3v) is 6.58. The molecule has 3 unspecified atom stereocenters. The molecule has 0 aromatic carbocycles. The van der Waals surface area contributed by atoms with Crippen LogP contribution in [0.3, 0.4) is 0 Å². The summed E-state index contributed by atoms with van der Waals surface area (Å²) >= 11 is 0. The van der Waals surface area contributed by atoms with Crippen LogP contribution in [0.1, 0.15) is 77.7 Å². The molecule has 2 amide bonds. The Hall–Kier alpha value is -2.31. The van der Waals surface area contributed by atoms with E-state index in [0.717, 1.165) is 17.9 Å². The molecule has 172 valence electrons. The van der Waals surface area contributed by atoms with E-state index in [0.29, 0.717) is 30.6 Å². The molecule has 0 radical (unpaired) electrons. The van der Waals surface area contributed by atoms with Crippen LogP contribution in [0.15, 0.2) is 18.3 Å². The van der Waals surface area contributed by atoms with Gasteiger partial charge in [0.15, 0.2) is 0 Å². The van der Waals surface area contributed by atoms with Gasteiger partial charge in [-0.3, -0.25) is 4.79 Å². The number of nitrogens with zero attached hydrogens (tertiary/aromatic N) is 1. The van der Waals surface area contributed by atoms with Gasteiger partial charge in [-0.15, -0.1) is 0 Å². The van der Waals surface area contributed by atoms with Crippen molar-refractivity contribution in [3.05, 3.63) is 23.9 Å². The summed E-state index contributed by atoms with van der Waals surface area (Å²) in [7, 11) is 0. The second-order valence-corrected chi connectivity index (χ2v) is 10.1. The topological polar surface area (TPSA) is 106 Å². The van der Waals surface area contributed by atoms with Crippen LogP contribution in [-0.2, 0) is 16.1 Å². The van der Waals surface area contributed by atoms with Crippen LogP contribution in [0.25, 0.3) is 0 Å². The van der Waals surface area contributed by atoms with Crippen molar-refractivity contribution in [3.8, 4) is 0 Å². The number of carbonyl (C=O) groups excluding carboxylic acids is 2. The van der Waals surface area contributed by atoms with Crippen molar-refractivity contribution in [2.45, 2.75) is 90.3 Å². The first-order valence-corrected chi connectivity index (χ1v) is 11.7. The van der Waals surface area contributed by atoms with Gasteiger partial charge in [0.2, 0.25) is 5.91 Å². The van der Waals surface area contributed by atoms with Gasteiger partial charge in [0.1, 0.15) is 17.5 Å². The predicted octanol–water partition coefficient (Wildman–Crippen LogP) is 4.17. The first-order chi connectivity index (χ1) is 14.7. The second kappa shape index (κ2) is 10.3. The molecule has 7 heteroatoms. The van der Waals surface area contributed by atoms with Crippen LogP contribution in [-0.4, -0.2) is 28.6 Å². The lowest BCUT2D eigenvalue weighted by Gasteiger charge is -2.42. The summed E-state index contributed by atoms with van der Waals surface area (Å²) in [5.74, 6) is 2.17. The first kappa shape index (κ1) is 23.4. The van der Waals surface area contributed by atoms with Crippen molar-refractivity contribution in [2.24, 2.45) is 17.8 Å². The van der Waals surface area contributed by atoms with Crippen LogP contribution in [0.4, 0.5) is 10.6 Å². The number of hydrogen-bond acceptors (Lipinski definition) is 5. The van der Waals surface area contributed by atoms with Crippen molar-refractivity contribution >= 4 is 17.8 Å². The zero-order valence-corrected chi connectivity index (χ0v) is 19.2. The summed E-state index contributed by atoms with van der Waals surface area (Å²) in [5.41, 5.74) is 5.89. The number of anilines is 1. The van der Waals surface area contributed by atoms with Crippen molar-refractivity contribution in [1.82, 2.24) is 15.6 Å². The van der Waals surface area contributed by atoms with Crippen LogP contribution >= 0.6 is 0 Å². The Kier molecular flexibility index (Phi) is 7.79. The quantitative estimate of drug-likeness (QED) is 0.628. The number of alkyl carbamates (subject to hydrolysis) is 1. The van der Waals surface area contributed by atoms with Gasteiger partial charge in [-0.1, -0.05) is 44.6 Å². The standard InChI is InChI=1S/C24H38N4O3/c1-24(2,3)31-23(30)28-20(22(29)27-15-16-11-12-21(25)26-14-16)13-18-9-6-8-17-7-4-5-10-19(17)18/h11-12,14,17-20H,4-10,13,15H2,1-3H3,(H2,25,26)(H,27,29)(H,28,30)/t17?,18?,19-,20?/m0/s1.